The topological polar surface area (TPSA) is 84.1 Å². The summed E-state index contributed by atoms with van der Waals surface area (Å²) >= 11 is 0. The molecule has 0 amide bonds. The lowest BCUT2D eigenvalue weighted by molar-refractivity contribution is 0.191. The van der Waals surface area contributed by atoms with E-state index in [9.17, 15) is 5.11 Å². The number of aromatic nitrogens is 3. The third kappa shape index (κ3) is 2.00. The molecule has 0 aliphatic carbocycles. The van der Waals surface area contributed by atoms with Crippen LogP contribution in [-0.4, -0.2) is 32.9 Å². The molecule has 3 rings (SSSR count). The molecule has 0 spiro atoms. The minimum atomic E-state index is -0.345. The predicted molar refractivity (Wildman–Crippen MR) is 63.6 cm³/mol. The van der Waals surface area contributed by atoms with Crippen molar-refractivity contribution in [3.05, 3.63) is 29.8 Å². The summed E-state index contributed by atoms with van der Waals surface area (Å²) in [4.78, 5) is 8.59. The standard InChI is InChI=1S/C12H14N4O2/c1-7-3-2-4-13-10(7)11-15-12(18-16-11)9-5-8(17)6-14-9/h2-4,8-9,14,17H,5-6H2,1H3. The summed E-state index contributed by atoms with van der Waals surface area (Å²) < 4.78 is 5.23. The SMILES string of the molecule is Cc1cccnc1-c1noc(C2CC(O)CN2)n1. The fourth-order valence-electron chi connectivity index (χ4n) is 2.10. The van der Waals surface area contributed by atoms with Gasteiger partial charge in [0.05, 0.1) is 12.1 Å². The van der Waals surface area contributed by atoms with Crippen LogP contribution < -0.4 is 5.32 Å². The van der Waals surface area contributed by atoms with Crippen LogP contribution in [-0.2, 0) is 0 Å². The molecule has 2 atom stereocenters. The van der Waals surface area contributed by atoms with Crippen LogP contribution in [0, 0.1) is 6.92 Å². The Morgan fingerprint density at radius 3 is 3.11 bits per heavy atom. The summed E-state index contributed by atoms with van der Waals surface area (Å²) in [6.07, 6.45) is 1.96. The molecule has 2 unspecified atom stereocenters. The van der Waals surface area contributed by atoms with Gasteiger partial charge in [-0.3, -0.25) is 4.98 Å². The highest BCUT2D eigenvalue weighted by Gasteiger charge is 2.28. The zero-order valence-corrected chi connectivity index (χ0v) is 10.00. The average molecular weight is 246 g/mol. The average Bonchev–Trinajstić information content (AvgIpc) is 2.98. The van der Waals surface area contributed by atoms with Crippen LogP contribution in [0.4, 0.5) is 0 Å². The summed E-state index contributed by atoms with van der Waals surface area (Å²) in [5, 5.41) is 16.5. The van der Waals surface area contributed by atoms with Gasteiger partial charge in [0.25, 0.3) is 0 Å². The lowest BCUT2D eigenvalue weighted by Crippen LogP contribution is -2.15. The molecule has 0 aromatic carbocycles. The fraction of sp³-hybridized carbons (Fsp3) is 0.417. The minimum Gasteiger partial charge on any atom is -0.392 e. The molecule has 1 saturated heterocycles. The van der Waals surface area contributed by atoms with Crippen LogP contribution >= 0.6 is 0 Å². The number of aliphatic hydroxyl groups excluding tert-OH is 1. The number of hydrogen-bond acceptors (Lipinski definition) is 6. The number of nitrogens with one attached hydrogen (secondary N) is 1. The largest absolute Gasteiger partial charge is 0.392 e. The molecule has 6 nitrogen and oxygen atoms in total. The van der Waals surface area contributed by atoms with Crippen LogP contribution in [0.3, 0.4) is 0 Å². The summed E-state index contributed by atoms with van der Waals surface area (Å²) in [5.41, 5.74) is 1.73. The van der Waals surface area contributed by atoms with Crippen molar-refractivity contribution in [3.8, 4) is 11.5 Å². The normalized spacial score (nSPS) is 23.4. The van der Waals surface area contributed by atoms with Crippen molar-refractivity contribution >= 4 is 0 Å². The molecular formula is C12H14N4O2. The van der Waals surface area contributed by atoms with Gasteiger partial charge >= 0.3 is 0 Å². The van der Waals surface area contributed by atoms with E-state index < -0.39 is 0 Å². The Bertz CT molecular complexity index is 555. The van der Waals surface area contributed by atoms with Crippen molar-refractivity contribution in [2.45, 2.75) is 25.5 Å². The summed E-state index contributed by atoms with van der Waals surface area (Å²) in [6.45, 7) is 2.51. The van der Waals surface area contributed by atoms with Gasteiger partial charge in [-0.1, -0.05) is 11.2 Å². The Morgan fingerprint density at radius 2 is 2.39 bits per heavy atom. The molecule has 2 aromatic rings. The van der Waals surface area contributed by atoms with E-state index in [1.165, 1.54) is 0 Å². The second kappa shape index (κ2) is 4.47. The lowest BCUT2D eigenvalue weighted by Gasteiger charge is -2.01. The second-order valence-corrected chi connectivity index (χ2v) is 4.48. The van der Waals surface area contributed by atoms with Crippen molar-refractivity contribution in [3.63, 3.8) is 0 Å². The smallest absolute Gasteiger partial charge is 0.244 e. The first-order valence-electron chi connectivity index (χ1n) is 5.91. The predicted octanol–water partition coefficient (Wildman–Crippen LogP) is 0.835. The maximum Gasteiger partial charge on any atom is 0.244 e. The zero-order valence-electron chi connectivity index (χ0n) is 10.00. The summed E-state index contributed by atoms with van der Waals surface area (Å²) in [6, 6.07) is 3.76. The Labute approximate surface area is 104 Å². The van der Waals surface area contributed by atoms with Crippen molar-refractivity contribution in [2.24, 2.45) is 0 Å². The van der Waals surface area contributed by atoms with Gasteiger partial charge in [0.1, 0.15) is 5.69 Å². The first kappa shape index (κ1) is 11.3. The Kier molecular flexibility index (Phi) is 2.81. The molecule has 0 bridgehead atoms. The van der Waals surface area contributed by atoms with Gasteiger partial charge in [-0.15, -0.1) is 0 Å². The van der Waals surface area contributed by atoms with E-state index in [1.807, 2.05) is 19.1 Å². The minimum absolute atomic E-state index is 0.0646. The lowest BCUT2D eigenvalue weighted by atomic mass is 10.2. The van der Waals surface area contributed by atoms with Crippen LogP contribution in [0.5, 0.6) is 0 Å². The molecule has 2 aromatic heterocycles. The Morgan fingerprint density at radius 1 is 1.50 bits per heavy atom. The molecule has 6 heteroatoms. The highest BCUT2D eigenvalue weighted by atomic mass is 16.5. The van der Waals surface area contributed by atoms with E-state index >= 15 is 0 Å². The van der Waals surface area contributed by atoms with E-state index in [2.05, 4.69) is 20.4 Å². The van der Waals surface area contributed by atoms with E-state index in [0.717, 1.165) is 11.3 Å². The number of aryl methyl sites for hydroxylation is 1. The van der Waals surface area contributed by atoms with Crippen LogP contribution in [0.15, 0.2) is 22.9 Å². The van der Waals surface area contributed by atoms with E-state index in [0.29, 0.717) is 24.7 Å². The van der Waals surface area contributed by atoms with Crippen molar-refractivity contribution in [2.75, 3.05) is 6.54 Å². The Hall–Kier alpha value is -1.79. The number of rotatable bonds is 2. The monoisotopic (exact) mass is 246 g/mol. The third-order valence-electron chi connectivity index (χ3n) is 3.07. The maximum atomic E-state index is 9.46. The maximum absolute atomic E-state index is 9.46. The highest BCUT2D eigenvalue weighted by molar-refractivity contribution is 5.53. The number of hydrogen-bond donors (Lipinski definition) is 2. The first-order chi connectivity index (χ1) is 8.74. The molecule has 0 saturated carbocycles. The van der Waals surface area contributed by atoms with Gasteiger partial charge in [-0.2, -0.15) is 4.98 Å². The van der Waals surface area contributed by atoms with E-state index in [1.54, 1.807) is 6.20 Å². The molecular weight excluding hydrogens is 232 g/mol. The molecule has 1 fully saturated rings. The second-order valence-electron chi connectivity index (χ2n) is 4.48. The Balaban J connectivity index is 1.88. The quantitative estimate of drug-likeness (QED) is 0.816. The summed E-state index contributed by atoms with van der Waals surface area (Å²) in [7, 11) is 0. The molecule has 2 N–H and O–H groups in total. The number of β-amino-alcohol motifs (C(OH)–C–C–N with tert-alkyl or cyclic N) is 1. The molecule has 0 radical (unpaired) electrons. The molecule has 1 aliphatic heterocycles. The van der Waals surface area contributed by atoms with Crippen molar-refractivity contribution in [1.82, 2.24) is 20.4 Å². The number of aliphatic hydroxyl groups is 1. The van der Waals surface area contributed by atoms with Crippen LogP contribution in [0.1, 0.15) is 23.9 Å². The fourth-order valence-corrected chi connectivity index (χ4v) is 2.10. The van der Waals surface area contributed by atoms with E-state index in [4.69, 9.17) is 4.52 Å². The van der Waals surface area contributed by atoms with Gasteiger partial charge in [0.2, 0.25) is 11.7 Å². The molecule has 94 valence electrons. The zero-order chi connectivity index (χ0) is 12.5. The van der Waals surface area contributed by atoms with Crippen molar-refractivity contribution in [1.29, 1.82) is 0 Å². The van der Waals surface area contributed by atoms with Crippen LogP contribution in [0.2, 0.25) is 0 Å². The number of nitrogens with zero attached hydrogens (tertiary/aromatic N) is 3. The molecule has 1 aliphatic rings. The first-order valence-corrected chi connectivity index (χ1v) is 5.91. The molecule has 18 heavy (non-hydrogen) atoms. The van der Waals surface area contributed by atoms with Crippen LogP contribution in [0.25, 0.3) is 11.5 Å². The van der Waals surface area contributed by atoms with Crippen molar-refractivity contribution < 1.29 is 9.63 Å². The number of pyridine rings is 1. The van der Waals surface area contributed by atoms with Gasteiger partial charge in [-0.25, -0.2) is 0 Å². The molecule has 3 heterocycles. The van der Waals surface area contributed by atoms with Gasteiger partial charge < -0.3 is 14.9 Å². The van der Waals surface area contributed by atoms with E-state index in [-0.39, 0.29) is 12.1 Å². The van der Waals surface area contributed by atoms with Gasteiger partial charge in [0, 0.05) is 12.7 Å². The van der Waals surface area contributed by atoms with Gasteiger partial charge in [-0.05, 0) is 25.0 Å². The highest BCUT2D eigenvalue weighted by Crippen LogP contribution is 2.24. The third-order valence-corrected chi connectivity index (χ3v) is 3.07. The van der Waals surface area contributed by atoms with Gasteiger partial charge in [0.15, 0.2) is 0 Å². The summed E-state index contributed by atoms with van der Waals surface area (Å²) in [5.74, 6) is 0.998.